The van der Waals surface area contributed by atoms with E-state index < -0.39 is 17.9 Å². The molecule has 0 bridgehead atoms. The van der Waals surface area contributed by atoms with Gasteiger partial charge in [0.25, 0.3) is 0 Å². The van der Waals surface area contributed by atoms with Crippen LogP contribution < -0.4 is 5.32 Å². The third kappa shape index (κ3) is 5.40. The number of ether oxygens (including phenoxy) is 1. The van der Waals surface area contributed by atoms with Gasteiger partial charge in [0.1, 0.15) is 6.04 Å². The SMILES string of the molecule is COC(=O)C(Cc1ccc(O)c(O)c1)NC(=O)/C=C/c1ccc(O)c(O)c1. The minimum Gasteiger partial charge on any atom is -0.504 e. The van der Waals surface area contributed by atoms with Crippen LogP contribution in [0.2, 0.25) is 0 Å². The molecule has 2 aromatic carbocycles. The number of phenolic OH excluding ortho intramolecular Hbond substituents is 4. The van der Waals surface area contributed by atoms with Crippen molar-refractivity contribution in [2.24, 2.45) is 0 Å². The first-order chi connectivity index (χ1) is 12.8. The zero-order valence-electron chi connectivity index (χ0n) is 14.4. The van der Waals surface area contributed by atoms with E-state index in [1.165, 1.54) is 49.6 Å². The summed E-state index contributed by atoms with van der Waals surface area (Å²) in [4.78, 5) is 24.0. The predicted octanol–water partition coefficient (Wildman–Crippen LogP) is 1.42. The van der Waals surface area contributed by atoms with Gasteiger partial charge in [-0.3, -0.25) is 4.79 Å². The Morgan fingerprint density at radius 2 is 1.63 bits per heavy atom. The van der Waals surface area contributed by atoms with Crippen molar-refractivity contribution in [3.8, 4) is 23.0 Å². The molecule has 2 rings (SSSR count). The Hall–Kier alpha value is -3.68. The highest BCUT2D eigenvalue weighted by molar-refractivity contribution is 5.94. The molecule has 0 aromatic heterocycles. The minimum absolute atomic E-state index is 0.0418. The van der Waals surface area contributed by atoms with E-state index in [-0.39, 0.29) is 29.4 Å². The second kappa shape index (κ2) is 8.61. The van der Waals surface area contributed by atoms with Crippen LogP contribution in [0.15, 0.2) is 42.5 Å². The van der Waals surface area contributed by atoms with Crippen molar-refractivity contribution in [3.05, 3.63) is 53.6 Å². The predicted molar refractivity (Wildman–Crippen MR) is 96.2 cm³/mol. The van der Waals surface area contributed by atoms with E-state index in [0.717, 1.165) is 6.08 Å². The van der Waals surface area contributed by atoms with Crippen LogP contribution in [0.25, 0.3) is 6.08 Å². The van der Waals surface area contributed by atoms with Gasteiger partial charge >= 0.3 is 5.97 Å². The first-order valence-corrected chi connectivity index (χ1v) is 7.89. The van der Waals surface area contributed by atoms with Crippen LogP contribution >= 0.6 is 0 Å². The van der Waals surface area contributed by atoms with Gasteiger partial charge < -0.3 is 30.5 Å². The Bertz CT molecular complexity index is 876. The normalized spacial score (nSPS) is 11.9. The number of phenols is 4. The number of carbonyl (C=O) groups is 2. The number of carbonyl (C=O) groups excluding carboxylic acids is 2. The lowest BCUT2D eigenvalue weighted by Gasteiger charge is -2.16. The van der Waals surface area contributed by atoms with Gasteiger partial charge in [0.05, 0.1) is 7.11 Å². The van der Waals surface area contributed by atoms with Gasteiger partial charge in [-0.1, -0.05) is 12.1 Å². The maximum atomic E-state index is 12.1. The average Bonchev–Trinajstić information content (AvgIpc) is 2.64. The zero-order chi connectivity index (χ0) is 20.0. The molecule has 1 unspecified atom stereocenters. The van der Waals surface area contributed by atoms with Crippen LogP contribution in [0.5, 0.6) is 23.0 Å². The van der Waals surface area contributed by atoms with Gasteiger partial charge in [-0.25, -0.2) is 4.79 Å². The molecular weight excluding hydrogens is 354 g/mol. The number of methoxy groups -OCH3 is 1. The molecule has 0 saturated carbocycles. The number of benzene rings is 2. The van der Waals surface area contributed by atoms with E-state index in [1.807, 2.05) is 0 Å². The smallest absolute Gasteiger partial charge is 0.328 e. The van der Waals surface area contributed by atoms with Crippen molar-refractivity contribution in [2.75, 3.05) is 7.11 Å². The molecular formula is C19H19NO7. The van der Waals surface area contributed by atoms with Gasteiger partial charge in [0, 0.05) is 12.5 Å². The summed E-state index contributed by atoms with van der Waals surface area (Å²) < 4.78 is 4.68. The molecule has 142 valence electrons. The lowest BCUT2D eigenvalue weighted by molar-refractivity contribution is -0.144. The molecule has 5 N–H and O–H groups in total. The van der Waals surface area contributed by atoms with Crippen molar-refractivity contribution < 1.29 is 34.8 Å². The molecule has 0 spiro atoms. The molecule has 0 saturated heterocycles. The zero-order valence-corrected chi connectivity index (χ0v) is 14.4. The Labute approximate surface area is 155 Å². The minimum atomic E-state index is -1.01. The molecule has 0 aliphatic heterocycles. The van der Waals surface area contributed by atoms with Crippen LogP contribution in [-0.2, 0) is 20.7 Å². The summed E-state index contributed by atoms with van der Waals surface area (Å²) in [7, 11) is 1.19. The standard InChI is InChI=1S/C19H19NO7/c1-27-19(26)13(8-12-3-6-15(22)17(24)10-12)20-18(25)7-4-11-2-5-14(21)16(23)9-11/h2-7,9-10,13,21-24H,8H2,1H3,(H,20,25)/b7-4+. The molecule has 0 radical (unpaired) electrons. The monoisotopic (exact) mass is 373 g/mol. The summed E-state index contributed by atoms with van der Waals surface area (Å²) in [5, 5.41) is 40.1. The number of nitrogens with one attached hydrogen (secondary N) is 1. The number of esters is 1. The van der Waals surface area contributed by atoms with Gasteiger partial charge in [-0.2, -0.15) is 0 Å². The fourth-order valence-corrected chi connectivity index (χ4v) is 2.30. The number of amides is 1. The number of hydrogen-bond acceptors (Lipinski definition) is 7. The molecule has 0 aliphatic carbocycles. The van der Waals surface area contributed by atoms with Crippen molar-refractivity contribution in [2.45, 2.75) is 12.5 Å². The van der Waals surface area contributed by atoms with Gasteiger partial charge in [-0.15, -0.1) is 0 Å². The van der Waals surface area contributed by atoms with Crippen LogP contribution in [-0.4, -0.2) is 45.5 Å². The van der Waals surface area contributed by atoms with E-state index in [2.05, 4.69) is 10.1 Å². The summed E-state index contributed by atoms with van der Waals surface area (Å²) in [5.41, 5.74) is 0.979. The average molecular weight is 373 g/mol. The highest BCUT2D eigenvalue weighted by atomic mass is 16.5. The Morgan fingerprint density at radius 1 is 1.00 bits per heavy atom. The summed E-state index contributed by atoms with van der Waals surface area (Å²) in [6, 6.07) is 7.11. The molecule has 0 fully saturated rings. The van der Waals surface area contributed by atoms with Crippen LogP contribution in [0.4, 0.5) is 0 Å². The fourth-order valence-electron chi connectivity index (χ4n) is 2.30. The van der Waals surface area contributed by atoms with Crippen LogP contribution in [0.1, 0.15) is 11.1 Å². The summed E-state index contributed by atoms with van der Waals surface area (Å²) in [5.74, 6) is -2.49. The van der Waals surface area contributed by atoms with Gasteiger partial charge in [0.15, 0.2) is 23.0 Å². The molecule has 0 aliphatic rings. The second-order valence-electron chi connectivity index (χ2n) is 5.69. The van der Waals surface area contributed by atoms with E-state index >= 15 is 0 Å². The van der Waals surface area contributed by atoms with E-state index in [4.69, 9.17) is 0 Å². The first kappa shape index (κ1) is 19.6. The fraction of sp³-hybridized carbons (Fsp3) is 0.158. The van der Waals surface area contributed by atoms with Crippen molar-refractivity contribution in [3.63, 3.8) is 0 Å². The Kier molecular flexibility index (Phi) is 6.27. The van der Waals surface area contributed by atoms with E-state index in [0.29, 0.717) is 11.1 Å². The molecule has 2 aromatic rings. The highest BCUT2D eigenvalue weighted by Crippen LogP contribution is 2.26. The summed E-state index contributed by atoms with van der Waals surface area (Å²) in [6.07, 6.45) is 2.60. The van der Waals surface area contributed by atoms with Crippen molar-refractivity contribution in [1.82, 2.24) is 5.32 Å². The van der Waals surface area contributed by atoms with Crippen LogP contribution in [0, 0.1) is 0 Å². The lowest BCUT2D eigenvalue weighted by atomic mass is 10.1. The summed E-state index contributed by atoms with van der Waals surface area (Å²) >= 11 is 0. The number of hydrogen-bond donors (Lipinski definition) is 5. The maximum Gasteiger partial charge on any atom is 0.328 e. The molecule has 1 atom stereocenters. The van der Waals surface area contributed by atoms with E-state index in [1.54, 1.807) is 0 Å². The highest BCUT2D eigenvalue weighted by Gasteiger charge is 2.21. The molecule has 27 heavy (non-hydrogen) atoms. The number of rotatable bonds is 6. The van der Waals surface area contributed by atoms with Crippen molar-refractivity contribution in [1.29, 1.82) is 0 Å². The Balaban J connectivity index is 2.09. The largest absolute Gasteiger partial charge is 0.504 e. The number of aromatic hydroxyl groups is 4. The summed E-state index contributed by atoms with van der Waals surface area (Å²) in [6.45, 7) is 0. The van der Waals surface area contributed by atoms with Gasteiger partial charge in [-0.05, 0) is 41.5 Å². The Morgan fingerprint density at radius 3 is 2.22 bits per heavy atom. The van der Waals surface area contributed by atoms with Crippen molar-refractivity contribution >= 4 is 18.0 Å². The molecule has 8 heteroatoms. The molecule has 0 heterocycles. The third-order valence-electron chi connectivity index (χ3n) is 3.71. The van der Waals surface area contributed by atoms with Crippen LogP contribution in [0.3, 0.4) is 0 Å². The second-order valence-corrected chi connectivity index (χ2v) is 5.69. The van der Waals surface area contributed by atoms with E-state index in [9.17, 15) is 30.0 Å². The van der Waals surface area contributed by atoms with Gasteiger partial charge in [0.2, 0.25) is 5.91 Å². The first-order valence-electron chi connectivity index (χ1n) is 7.89. The maximum absolute atomic E-state index is 12.1. The molecule has 8 nitrogen and oxygen atoms in total. The lowest BCUT2D eigenvalue weighted by Crippen LogP contribution is -2.42. The third-order valence-corrected chi connectivity index (χ3v) is 3.71. The quantitative estimate of drug-likeness (QED) is 0.293. The topological polar surface area (TPSA) is 136 Å². The molecule has 1 amide bonds.